The van der Waals surface area contributed by atoms with Crippen LogP contribution in [0.3, 0.4) is 0 Å². The van der Waals surface area contributed by atoms with E-state index in [0.29, 0.717) is 10.5 Å². The largest absolute Gasteiger partial charge is 0.310 e. The summed E-state index contributed by atoms with van der Waals surface area (Å²) in [6, 6.07) is 5.69. The van der Waals surface area contributed by atoms with Gasteiger partial charge in [-0.1, -0.05) is 13.0 Å². The first-order chi connectivity index (χ1) is 6.63. The van der Waals surface area contributed by atoms with Crippen molar-refractivity contribution >= 4 is 15.9 Å². The van der Waals surface area contributed by atoms with Crippen molar-refractivity contribution in [1.82, 2.24) is 5.32 Å². The molecule has 1 aromatic carbocycles. The van der Waals surface area contributed by atoms with E-state index in [2.05, 4.69) is 35.1 Å². The number of halogens is 2. The van der Waals surface area contributed by atoms with E-state index in [4.69, 9.17) is 0 Å². The summed E-state index contributed by atoms with van der Waals surface area (Å²) in [7, 11) is 0. The number of benzene rings is 1. The molecule has 0 unspecified atom stereocenters. The molecule has 1 atom stereocenters. The van der Waals surface area contributed by atoms with Crippen LogP contribution in [0.15, 0.2) is 22.7 Å². The zero-order chi connectivity index (χ0) is 10.6. The molecule has 14 heavy (non-hydrogen) atoms. The molecular formula is C11H15BrFN. The maximum Gasteiger partial charge on any atom is 0.137 e. The van der Waals surface area contributed by atoms with Crippen molar-refractivity contribution in [3.05, 3.63) is 34.1 Å². The lowest BCUT2D eigenvalue weighted by Gasteiger charge is -2.11. The molecule has 0 aromatic heterocycles. The number of nitrogens with one attached hydrogen (secondary N) is 1. The van der Waals surface area contributed by atoms with Crippen molar-refractivity contribution in [3.8, 4) is 0 Å². The Balaban J connectivity index is 2.55. The van der Waals surface area contributed by atoms with Crippen LogP contribution in [-0.2, 0) is 6.54 Å². The van der Waals surface area contributed by atoms with Crippen LogP contribution in [0, 0.1) is 5.82 Å². The molecule has 1 rings (SSSR count). The molecule has 0 aliphatic carbocycles. The molecule has 0 saturated heterocycles. The summed E-state index contributed by atoms with van der Waals surface area (Å²) in [6.45, 7) is 4.97. The van der Waals surface area contributed by atoms with E-state index < -0.39 is 0 Å². The highest BCUT2D eigenvalue weighted by Crippen LogP contribution is 2.16. The van der Waals surface area contributed by atoms with E-state index in [0.717, 1.165) is 18.5 Å². The Bertz CT molecular complexity index is 301. The number of hydrogen-bond acceptors (Lipinski definition) is 1. The molecule has 0 aliphatic rings. The van der Waals surface area contributed by atoms with Gasteiger partial charge in [-0.3, -0.25) is 0 Å². The van der Waals surface area contributed by atoms with Gasteiger partial charge in [-0.05, 0) is 47.0 Å². The topological polar surface area (TPSA) is 12.0 Å². The SMILES string of the molecule is CC[C@@H](C)NCc1ccc(Br)c(F)c1. The van der Waals surface area contributed by atoms with Gasteiger partial charge in [0.25, 0.3) is 0 Å². The molecule has 1 nitrogen and oxygen atoms in total. The molecule has 1 aromatic rings. The fraction of sp³-hybridized carbons (Fsp3) is 0.455. The van der Waals surface area contributed by atoms with Gasteiger partial charge in [0.2, 0.25) is 0 Å². The Morgan fingerprint density at radius 3 is 2.79 bits per heavy atom. The monoisotopic (exact) mass is 259 g/mol. The number of rotatable bonds is 4. The third kappa shape index (κ3) is 3.39. The second kappa shape index (κ2) is 5.47. The van der Waals surface area contributed by atoms with Crippen LogP contribution in [0.25, 0.3) is 0 Å². The Kier molecular flexibility index (Phi) is 4.55. The van der Waals surface area contributed by atoms with E-state index in [1.807, 2.05) is 6.07 Å². The molecule has 0 aliphatic heterocycles. The van der Waals surface area contributed by atoms with Crippen LogP contribution in [0.2, 0.25) is 0 Å². The highest BCUT2D eigenvalue weighted by Gasteiger charge is 2.02. The van der Waals surface area contributed by atoms with E-state index in [9.17, 15) is 4.39 Å². The van der Waals surface area contributed by atoms with E-state index in [1.54, 1.807) is 12.1 Å². The van der Waals surface area contributed by atoms with Gasteiger partial charge in [0.05, 0.1) is 4.47 Å². The van der Waals surface area contributed by atoms with Gasteiger partial charge < -0.3 is 5.32 Å². The first-order valence-electron chi connectivity index (χ1n) is 4.80. The first-order valence-corrected chi connectivity index (χ1v) is 5.60. The van der Waals surface area contributed by atoms with Gasteiger partial charge in [0, 0.05) is 12.6 Å². The first kappa shape index (κ1) is 11.7. The molecule has 78 valence electrons. The maximum atomic E-state index is 13.1. The van der Waals surface area contributed by atoms with E-state index in [1.165, 1.54) is 0 Å². The minimum absolute atomic E-state index is 0.201. The van der Waals surface area contributed by atoms with Crippen LogP contribution in [0.1, 0.15) is 25.8 Å². The van der Waals surface area contributed by atoms with Gasteiger partial charge in [-0.25, -0.2) is 4.39 Å². The van der Waals surface area contributed by atoms with Crippen LogP contribution in [0.5, 0.6) is 0 Å². The van der Waals surface area contributed by atoms with E-state index in [-0.39, 0.29) is 5.82 Å². The molecule has 0 fully saturated rings. The number of hydrogen-bond donors (Lipinski definition) is 1. The zero-order valence-corrected chi connectivity index (χ0v) is 10.1. The van der Waals surface area contributed by atoms with Crippen molar-refractivity contribution in [1.29, 1.82) is 0 Å². The summed E-state index contributed by atoms with van der Waals surface area (Å²) in [5.41, 5.74) is 0.978. The summed E-state index contributed by atoms with van der Waals surface area (Å²) in [4.78, 5) is 0. The Labute approximate surface area is 92.8 Å². The lowest BCUT2D eigenvalue weighted by molar-refractivity contribution is 0.531. The van der Waals surface area contributed by atoms with Crippen molar-refractivity contribution in [2.45, 2.75) is 32.9 Å². The molecule has 0 radical (unpaired) electrons. The van der Waals surface area contributed by atoms with Crippen LogP contribution in [-0.4, -0.2) is 6.04 Å². The van der Waals surface area contributed by atoms with Crippen molar-refractivity contribution in [2.24, 2.45) is 0 Å². The zero-order valence-electron chi connectivity index (χ0n) is 8.48. The summed E-state index contributed by atoms with van der Waals surface area (Å²) in [5.74, 6) is -0.201. The lowest BCUT2D eigenvalue weighted by Crippen LogP contribution is -2.24. The van der Waals surface area contributed by atoms with Gasteiger partial charge >= 0.3 is 0 Å². The van der Waals surface area contributed by atoms with E-state index >= 15 is 0 Å². The van der Waals surface area contributed by atoms with Crippen LogP contribution in [0.4, 0.5) is 4.39 Å². The molecule has 0 heterocycles. The van der Waals surface area contributed by atoms with Gasteiger partial charge in [-0.15, -0.1) is 0 Å². The van der Waals surface area contributed by atoms with Gasteiger partial charge in [-0.2, -0.15) is 0 Å². The Hall–Kier alpha value is -0.410. The van der Waals surface area contributed by atoms with Crippen molar-refractivity contribution < 1.29 is 4.39 Å². The minimum Gasteiger partial charge on any atom is -0.310 e. The normalized spacial score (nSPS) is 12.9. The van der Waals surface area contributed by atoms with Crippen molar-refractivity contribution in [3.63, 3.8) is 0 Å². The standard InChI is InChI=1S/C11H15BrFN/c1-3-8(2)14-7-9-4-5-10(12)11(13)6-9/h4-6,8,14H,3,7H2,1-2H3/t8-/m1/s1. The fourth-order valence-corrected chi connectivity index (χ4v) is 1.33. The van der Waals surface area contributed by atoms with Crippen LogP contribution < -0.4 is 5.32 Å². The summed E-state index contributed by atoms with van der Waals surface area (Å²) in [6.07, 6.45) is 1.08. The van der Waals surface area contributed by atoms with Crippen molar-refractivity contribution in [2.75, 3.05) is 0 Å². The fourth-order valence-electron chi connectivity index (χ4n) is 1.09. The average molecular weight is 260 g/mol. The molecule has 0 amide bonds. The molecule has 0 spiro atoms. The maximum absolute atomic E-state index is 13.1. The lowest BCUT2D eigenvalue weighted by atomic mass is 10.2. The average Bonchev–Trinajstić information content (AvgIpc) is 2.19. The Morgan fingerprint density at radius 1 is 1.50 bits per heavy atom. The van der Waals surface area contributed by atoms with Gasteiger partial charge in [0.1, 0.15) is 5.82 Å². The molecule has 0 bridgehead atoms. The van der Waals surface area contributed by atoms with Crippen LogP contribution >= 0.6 is 15.9 Å². The third-order valence-corrected chi connectivity index (χ3v) is 2.89. The summed E-state index contributed by atoms with van der Waals surface area (Å²) in [5, 5.41) is 3.31. The minimum atomic E-state index is -0.201. The van der Waals surface area contributed by atoms with Gasteiger partial charge in [0.15, 0.2) is 0 Å². The second-order valence-electron chi connectivity index (χ2n) is 3.44. The Morgan fingerprint density at radius 2 is 2.21 bits per heavy atom. The molecule has 3 heteroatoms. The quantitative estimate of drug-likeness (QED) is 0.873. The predicted molar refractivity (Wildman–Crippen MR) is 60.7 cm³/mol. The predicted octanol–water partition coefficient (Wildman–Crippen LogP) is 3.48. The third-order valence-electron chi connectivity index (χ3n) is 2.25. The molecular weight excluding hydrogens is 245 g/mol. The summed E-state index contributed by atoms with van der Waals surface area (Å²) >= 11 is 3.13. The second-order valence-corrected chi connectivity index (χ2v) is 4.29. The molecule has 0 saturated carbocycles. The highest BCUT2D eigenvalue weighted by atomic mass is 79.9. The summed E-state index contributed by atoms with van der Waals surface area (Å²) < 4.78 is 13.6. The highest BCUT2D eigenvalue weighted by molar-refractivity contribution is 9.10. The molecule has 1 N–H and O–H groups in total. The smallest absolute Gasteiger partial charge is 0.137 e.